The van der Waals surface area contributed by atoms with E-state index in [1.54, 1.807) is 6.07 Å². The second kappa shape index (κ2) is 10.0. The Labute approximate surface area is 245 Å². The van der Waals surface area contributed by atoms with Crippen LogP contribution in [0.3, 0.4) is 0 Å². The van der Waals surface area contributed by atoms with Crippen molar-refractivity contribution in [2.24, 2.45) is 0 Å². The van der Waals surface area contributed by atoms with Gasteiger partial charge in [0.2, 0.25) is 0 Å². The van der Waals surface area contributed by atoms with Crippen molar-refractivity contribution in [1.29, 1.82) is 0 Å². The second-order valence-electron chi connectivity index (χ2n) is 11.7. The lowest BCUT2D eigenvalue weighted by Gasteiger charge is -2.20. The predicted octanol–water partition coefficient (Wildman–Crippen LogP) is 9.58. The third-order valence-corrected chi connectivity index (χ3v) is 7.92. The first-order chi connectivity index (χ1) is 20.4. The molecule has 0 amide bonds. The van der Waals surface area contributed by atoms with Gasteiger partial charge in [0.05, 0.1) is 22.4 Å². The molecule has 0 fully saturated rings. The monoisotopic (exact) mass is 545 g/mol. The summed E-state index contributed by atoms with van der Waals surface area (Å²) in [5, 5.41) is 13.1. The van der Waals surface area contributed by atoms with Crippen LogP contribution >= 0.6 is 0 Å². The van der Waals surface area contributed by atoms with E-state index in [9.17, 15) is 5.11 Å². The highest BCUT2D eigenvalue weighted by Gasteiger charge is 2.18. The van der Waals surface area contributed by atoms with Crippen LogP contribution in [-0.4, -0.2) is 19.6 Å². The van der Waals surface area contributed by atoms with Gasteiger partial charge >= 0.3 is 0 Å². The van der Waals surface area contributed by atoms with Crippen LogP contribution in [0, 0.1) is 0 Å². The van der Waals surface area contributed by atoms with Crippen LogP contribution in [0.5, 0.6) is 5.75 Å². The number of para-hydroxylation sites is 2. The van der Waals surface area contributed by atoms with Crippen molar-refractivity contribution < 1.29 is 5.11 Å². The summed E-state index contributed by atoms with van der Waals surface area (Å²) in [6, 6.07) is 41.3. The second-order valence-corrected chi connectivity index (χ2v) is 11.7. The van der Waals surface area contributed by atoms with Gasteiger partial charge in [-0.2, -0.15) is 0 Å². The molecule has 0 aliphatic carbocycles. The van der Waals surface area contributed by atoms with Crippen LogP contribution < -0.4 is 0 Å². The highest BCUT2D eigenvalue weighted by atomic mass is 16.3. The number of rotatable bonds is 4. The number of phenolic OH excluding ortho intramolecular Hbond substituents is 1. The van der Waals surface area contributed by atoms with E-state index in [4.69, 9.17) is 4.98 Å². The number of aromatic hydroxyl groups is 1. The highest BCUT2D eigenvalue weighted by molar-refractivity contribution is 6.10. The summed E-state index contributed by atoms with van der Waals surface area (Å²) in [5.74, 6) is 1.08. The van der Waals surface area contributed by atoms with Gasteiger partial charge in [0.1, 0.15) is 11.6 Å². The van der Waals surface area contributed by atoms with Gasteiger partial charge < -0.3 is 5.11 Å². The summed E-state index contributed by atoms with van der Waals surface area (Å²) in [4.78, 5) is 9.80. The molecule has 7 aromatic rings. The van der Waals surface area contributed by atoms with Crippen molar-refractivity contribution in [1.82, 2.24) is 14.5 Å². The number of hydrogen-bond acceptors (Lipinski definition) is 3. The van der Waals surface area contributed by atoms with Crippen LogP contribution in [0.15, 0.2) is 128 Å². The molecule has 7 rings (SSSR count). The Bertz CT molecular complexity index is 2080. The fraction of sp³-hybridized carbons (Fsp3) is 0.105. The highest BCUT2D eigenvalue weighted by Crippen LogP contribution is 2.38. The predicted molar refractivity (Wildman–Crippen MR) is 173 cm³/mol. The standard InChI is InChI=1S/C38H31N3O/c1-38(2,3)28-12-10-11-25(21-28)27-22-32(40-33(23-27)31-14-5-7-16-36(31)42)26-18-19-30-29-13-4-6-15-34(29)41(35(30)24-26)37-17-8-9-20-39-37/h4-24,42H,1-3H3. The lowest BCUT2D eigenvalue weighted by molar-refractivity contribution is 0.477. The van der Waals surface area contributed by atoms with Crippen LogP contribution in [-0.2, 0) is 5.41 Å². The van der Waals surface area contributed by atoms with Crippen molar-refractivity contribution in [3.05, 3.63) is 133 Å². The number of pyridine rings is 2. The van der Waals surface area contributed by atoms with Crippen molar-refractivity contribution >= 4 is 21.8 Å². The van der Waals surface area contributed by atoms with Crippen LogP contribution in [0.1, 0.15) is 26.3 Å². The third-order valence-electron chi connectivity index (χ3n) is 7.92. The zero-order valence-electron chi connectivity index (χ0n) is 23.9. The van der Waals surface area contributed by atoms with Crippen molar-refractivity contribution in [3.8, 4) is 45.2 Å². The number of fused-ring (bicyclic) bond motifs is 3. The van der Waals surface area contributed by atoms with Crippen LogP contribution in [0.25, 0.3) is 61.3 Å². The van der Waals surface area contributed by atoms with Crippen molar-refractivity contribution in [2.75, 3.05) is 0 Å². The molecule has 0 radical (unpaired) electrons. The number of phenols is 1. The van der Waals surface area contributed by atoms with Crippen molar-refractivity contribution in [3.63, 3.8) is 0 Å². The van der Waals surface area contributed by atoms with E-state index < -0.39 is 0 Å². The molecule has 4 heteroatoms. The molecule has 1 N–H and O–H groups in total. The SMILES string of the molecule is CC(C)(C)c1cccc(-c2cc(-c3ccc4c5ccccc5n(-c5ccccn5)c4c3)nc(-c3ccccc3O)c2)c1. The van der Waals surface area contributed by atoms with E-state index in [2.05, 4.69) is 109 Å². The molecule has 4 nitrogen and oxygen atoms in total. The molecule has 0 bridgehead atoms. The maximum atomic E-state index is 10.8. The molecule has 0 aliphatic heterocycles. The largest absolute Gasteiger partial charge is 0.507 e. The Hall–Kier alpha value is -5.22. The van der Waals surface area contributed by atoms with E-state index in [0.29, 0.717) is 5.56 Å². The molecule has 4 aromatic carbocycles. The first-order valence-corrected chi connectivity index (χ1v) is 14.2. The normalized spacial score (nSPS) is 11.8. The molecular formula is C38H31N3O. The number of benzene rings is 4. The van der Waals surface area contributed by atoms with Gasteiger partial charge in [0.15, 0.2) is 0 Å². The minimum atomic E-state index is 0.0241. The van der Waals surface area contributed by atoms with Crippen molar-refractivity contribution in [2.45, 2.75) is 26.2 Å². The molecule has 0 saturated heterocycles. The summed E-state index contributed by atoms with van der Waals surface area (Å²) >= 11 is 0. The van der Waals surface area contributed by atoms with E-state index in [1.807, 2.05) is 42.6 Å². The zero-order chi connectivity index (χ0) is 28.8. The smallest absolute Gasteiger partial charge is 0.137 e. The quantitative estimate of drug-likeness (QED) is 0.240. The summed E-state index contributed by atoms with van der Waals surface area (Å²) in [6.07, 6.45) is 1.83. The average molecular weight is 546 g/mol. The molecule has 0 saturated carbocycles. The van der Waals surface area contributed by atoms with Gasteiger partial charge in [0, 0.05) is 28.1 Å². The third kappa shape index (κ3) is 4.51. The molecule has 204 valence electrons. The number of nitrogens with zero attached hydrogens (tertiary/aromatic N) is 3. The molecular weight excluding hydrogens is 514 g/mol. The summed E-state index contributed by atoms with van der Waals surface area (Å²) < 4.78 is 2.22. The maximum Gasteiger partial charge on any atom is 0.137 e. The van der Waals surface area contributed by atoms with Gasteiger partial charge in [-0.05, 0) is 70.6 Å². The molecule has 3 heterocycles. The topological polar surface area (TPSA) is 50.9 Å². The van der Waals surface area contributed by atoms with Gasteiger partial charge in [-0.25, -0.2) is 9.97 Å². The molecule has 42 heavy (non-hydrogen) atoms. The van der Waals surface area contributed by atoms with Gasteiger partial charge in [-0.3, -0.25) is 4.57 Å². The zero-order valence-corrected chi connectivity index (χ0v) is 23.9. The Morgan fingerprint density at radius 3 is 2.17 bits per heavy atom. The van der Waals surface area contributed by atoms with E-state index in [-0.39, 0.29) is 11.2 Å². The average Bonchev–Trinajstić information content (AvgIpc) is 3.35. The first kappa shape index (κ1) is 25.7. The van der Waals surface area contributed by atoms with Gasteiger partial charge in [-0.15, -0.1) is 0 Å². The van der Waals surface area contributed by atoms with Crippen LogP contribution in [0.2, 0.25) is 0 Å². The van der Waals surface area contributed by atoms with E-state index in [0.717, 1.165) is 50.3 Å². The summed E-state index contributed by atoms with van der Waals surface area (Å²) in [6.45, 7) is 6.69. The maximum absolute atomic E-state index is 10.8. The number of aromatic nitrogens is 3. The molecule has 0 unspecified atom stereocenters. The van der Waals surface area contributed by atoms with Gasteiger partial charge in [0.25, 0.3) is 0 Å². The Morgan fingerprint density at radius 2 is 1.36 bits per heavy atom. The van der Waals surface area contributed by atoms with E-state index in [1.165, 1.54) is 10.9 Å². The number of hydrogen-bond donors (Lipinski definition) is 1. The minimum absolute atomic E-state index is 0.0241. The van der Waals surface area contributed by atoms with Crippen LogP contribution in [0.4, 0.5) is 0 Å². The summed E-state index contributed by atoms with van der Waals surface area (Å²) in [7, 11) is 0. The molecule has 0 spiro atoms. The Kier molecular flexibility index (Phi) is 6.13. The fourth-order valence-electron chi connectivity index (χ4n) is 5.70. The summed E-state index contributed by atoms with van der Waals surface area (Å²) in [5.41, 5.74) is 8.90. The Morgan fingerprint density at radius 1 is 0.595 bits per heavy atom. The first-order valence-electron chi connectivity index (χ1n) is 14.2. The Balaban J connectivity index is 1.48. The molecule has 3 aromatic heterocycles. The molecule has 0 atom stereocenters. The fourth-order valence-corrected chi connectivity index (χ4v) is 5.70. The lowest BCUT2D eigenvalue weighted by atomic mass is 9.85. The molecule has 0 aliphatic rings. The van der Waals surface area contributed by atoms with Gasteiger partial charge in [-0.1, -0.05) is 93.6 Å². The minimum Gasteiger partial charge on any atom is -0.507 e. The van der Waals surface area contributed by atoms with E-state index >= 15 is 0 Å². The lowest BCUT2D eigenvalue weighted by Crippen LogP contribution is -2.10.